The van der Waals surface area contributed by atoms with E-state index in [0.29, 0.717) is 6.04 Å². The molecular formula is C18H20N2S. The highest BCUT2D eigenvalue weighted by atomic mass is 32.1. The number of rotatable bonds is 4. The molecule has 0 saturated carbocycles. The molecule has 21 heavy (non-hydrogen) atoms. The van der Waals surface area contributed by atoms with Crippen molar-refractivity contribution in [1.82, 2.24) is 9.55 Å². The third-order valence-electron chi connectivity index (χ3n) is 4.01. The van der Waals surface area contributed by atoms with Crippen LogP contribution >= 0.6 is 12.2 Å². The number of hydrogen-bond acceptors (Lipinski definition) is 1. The summed E-state index contributed by atoms with van der Waals surface area (Å²) in [6.45, 7) is 4.36. The Kier molecular flexibility index (Phi) is 3.93. The van der Waals surface area contributed by atoms with Crippen molar-refractivity contribution in [3.8, 4) is 0 Å². The van der Waals surface area contributed by atoms with E-state index in [1.165, 1.54) is 16.6 Å². The summed E-state index contributed by atoms with van der Waals surface area (Å²) in [6.07, 6.45) is 2.15. The summed E-state index contributed by atoms with van der Waals surface area (Å²) in [5, 5.41) is 0. The van der Waals surface area contributed by atoms with Gasteiger partial charge in [0.15, 0.2) is 4.77 Å². The van der Waals surface area contributed by atoms with Gasteiger partial charge in [-0.15, -0.1) is 0 Å². The van der Waals surface area contributed by atoms with Gasteiger partial charge < -0.3 is 9.55 Å². The number of nitrogens with zero attached hydrogens (tertiary/aromatic N) is 1. The minimum atomic E-state index is 0.383. The van der Waals surface area contributed by atoms with Crippen molar-refractivity contribution in [2.75, 3.05) is 0 Å². The Labute approximate surface area is 130 Å². The molecule has 1 N–H and O–H groups in total. The first-order valence-corrected chi connectivity index (χ1v) is 7.81. The molecule has 0 aliphatic rings. The number of fused-ring (bicyclic) bond motifs is 1. The number of nitrogens with one attached hydrogen (secondary N) is 1. The Morgan fingerprint density at radius 3 is 2.67 bits per heavy atom. The van der Waals surface area contributed by atoms with Crippen LogP contribution in [-0.2, 0) is 6.42 Å². The Bertz CT molecular complexity index is 799. The fourth-order valence-electron chi connectivity index (χ4n) is 2.82. The van der Waals surface area contributed by atoms with Crippen LogP contribution in [0, 0.1) is 11.7 Å². The molecule has 3 aromatic rings. The highest BCUT2D eigenvalue weighted by molar-refractivity contribution is 7.71. The van der Waals surface area contributed by atoms with E-state index in [2.05, 4.69) is 71.9 Å². The van der Waals surface area contributed by atoms with Gasteiger partial charge in [0.2, 0.25) is 0 Å². The first-order chi connectivity index (χ1) is 10.1. The molecule has 0 spiro atoms. The minimum absolute atomic E-state index is 0.383. The highest BCUT2D eigenvalue weighted by Crippen LogP contribution is 2.23. The van der Waals surface area contributed by atoms with Gasteiger partial charge in [0, 0.05) is 6.04 Å². The second kappa shape index (κ2) is 5.86. The van der Waals surface area contributed by atoms with E-state index in [4.69, 9.17) is 12.2 Å². The lowest BCUT2D eigenvalue weighted by Gasteiger charge is -2.15. The first kappa shape index (κ1) is 14.1. The van der Waals surface area contributed by atoms with E-state index in [-0.39, 0.29) is 0 Å². The van der Waals surface area contributed by atoms with Gasteiger partial charge in [0.1, 0.15) is 0 Å². The zero-order valence-corrected chi connectivity index (χ0v) is 13.3. The predicted molar refractivity (Wildman–Crippen MR) is 91.3 cm³/mol. The lowest BCUT2D eigenvalue weighted by atomic mass is 10.1. The summed E-state index contributed by atoms with van der Waals surface area (Å²) >= 11 is 5.51. The molecule has 1 atom stereocenters. The van der Waals surface area contributed by atoms with Crippen LogP contribution in [0.25, 0.3) is 11.0 Å². The Hall–Kier alpha value is -1.87. The Morgan fingerprint density at radius 1 is 1.14 bits per heavy atom. The van der Waals surface area contributed by atoms with Crippen LogP contribution in [0.1, 0.15) is 30.5 Å². The van der Waals surface area contributed by atoms with Crippen molar-refractivity contribution >= 4 is 23.3 Å². The standard InChI is InChI=1S/C18H20N2S/c1-13-8-11-16-17(12-13)20(18(21)19-16)14(2)9-10-15-6-4-3-5-7-15/h3-8,11-12,14H,9-10H2,1-2H3,(H,19,21). The van der Waals surface area contributed by atoms with Gasteiger partial charge in [-0.1, -0.05) is 36.4 Å². The Balaban J connectivity index is 1.87. The van der Waals surface area contributed by atoms with E-state index in [0.717, 1.165) is 23.1 Å². The van der Waals surface area contributed by atoms with Gasteiger partial charge in [-0.3, -0.25) is 0 Å². The maximum atomic E-state index is 5.51. The molecule has 0 bridgehead atoms. The number of H-pyrrole nitrogens is 1. The monoisotopic (exact) mass is 296 g/mol. The first-order valence-electron chi connectivity index (χ1n) is 7.40. The van der Waals surface area contributed by atoms with Crippen LogP contribution < -0.4 is 0 Å². The molecule has 108 valence electrons. The van der Waals surface area contributed by atoms with Crippen LogP contribution in [0.4, 0.5) is 0 Å². The van der Waals surface area contributed by atoms with E-state index >= 15 is 0 Å². The van der Waals surface area contributed by atoms with Gasteiger partial charge in [-0.25, -0.2) is 0 Å². The van der Waals surface area contributed by atoms with Gasteiger partial charge >= 0.3 is 0 Å². The molecule has 0 amide bonds. The van der Waals surface area contributed by atoms with E-state index in [1.807, 2.05) is 0 Å². The zero-order chi connectivity index (χ0) is 14.8. The van der Waals surface area contributed by atoms with Crippen molar-refractivity contribution in [3.63, 3.8) is 0 Å². The molecule has 0 aliphatic heterocycles. The van der Waals surface area contributed by atoms with Crippen molar-refractivity contribution in [2.24, 2.45) is 0 Å². The second-order valence-corrected chi connectivity index (χ2v) is 6.08. The van der Waals surface area contributed by atoms with E-state index in [9.17, 15) is 0 Å². The molecule has 0 aliphatic carbocycles. The Morgan fingerprint density at radius 2 is 1.90 bits per heavy atom. The highest BCUT2D eigenvalue weighted by Gasteiger charge is 2.11. The normalized spacial score (nSPS) is 12.7. The van der Waals surface area contributed by atoms with Crippen molar-refractivity contribution in [3.05, 3.63) is 64.4 Å². The van der Waals surface area contributed by atoms with Crippen LogP contribution in [0.3, 0.4) is 0 Å². The number of imidazole rings is 1. The number of aromatic nitrogens is 2. The lowest BCUT2D eigenvalue weighted by Crippen LogP contribution is -2.06. The number of aromatic amines is 1. The summed E-state index contributed by atoms with van der Waals surface area (Å²) < 4.78 is 3.07. The number of aryl methyl sites for hydroxylation is 2. The smallest absolute Gasteiger partial charge is 0.178 e. The summed E-state index contributed by atoms with van der Waals surface area (Å²) in [4.78, 5) is 3.31. The van der Waals surface area contributed by atoms with Crippen LogP contribution in [0.5, 0.6) is 0 Å². The SMILES string of the molecule is Cc1ccc2[nH]c(=S)n(C(C)CCc3ccccc3)c2c1. The second-order valence-electron chi connectivity index (χ2n) is 5.69. The van der Waals surface area contributed by atoms with Gasteiger partial charge in [0.25, 0.3) is 0 Å². The minimum Gasteiger partial charge on any atom is -0.331 e. The summed E-state index contributed by atoms with van der Waals surface area (Å²) in [5.41, 5.74) is 4.98. The summed E-state index contributed by atoms with van der Waals surface area (Å²) in [6, 6.07) is 17.4. The fourth-order valence-corrected chi connectivity index (χ4v) is 3.21. The lowest BCUT2D eigenvalue weighted by molar-refractivity contribution is 0.514. The van der Waals surface area contributed by atoms with Gasteiger partial charge in [-0.05, 0) is 62.2 Å². The van der Waals surface area contributed by atoms with Crippen molar-refractivity contribution < 1.29 is 0 Å². The quantitative estimate of drug-likeness (QED) is 0.656. The summed E-state index contributed by atoms with van der Waals surface area (Å²) in [7, 11) is 0. The average Bonchev–Trinajstić information content (AvgIpc) is 2.81. The van der Waals surface area contributed by atoms with Crippen LogP contribution in [0.15, 0.2) is 48.5 Å². The third kappa shape index (κ3) is 2.93. The molecule has 0 radical (unpaired) electrons. The molecule has 1 unspecified atom stereocenters. The van der Waals surface area contributed by atoms with Gasteiger partial charge in [0.05, 0.1) is 11.0 Å². The van der Waals surface area contributed by atoms with Crippen molar-refractivity contribution in [2.45, 2.75) is 32.7 Å². The van der Waals surface area contributed by atoms with E-state index < -0.39 is 0 Å². The molecule has 0 saturated heterocycles. The van der Waals surface area contributed by atoms with Crippen LogP contribution in [0.2, 0.25) is 0 Å². The molecular weight excluding hydrogens is 276 g/mol. The predicted octanol–water partition coefficient (Wildman–Crippen LogP) is 5.20. The third-order valence-corrected chi connectivity index (χ3v) is 4.31. The zero-order valence-electron chi connectivity index (χ0n) is 12.5. The van der Waals surface area contributed by atoms with E-state index in [1.54, 1.807) is 0 Å². The van der Waals surface area contributed by atoms with Crippen LogP contribution in [-0.4, -0.2) is 9.55 Å². The average molecular weight is 296 g/mol. The largest absolute Gasteiger partial charge is 0.331 e. The molecule has 3 rings (SSSR count). The maximum Gasteiger partial charge on any atom is 0.178 e. The maximum absolute atomic E-state index is 5.51. The number of benzene rings is 2. The molecule has 1 heterocycles. The molecule has 2 nitrogen and oxygen atoms in total. The molecule has 2 aromatic carbocycles. The number of hydrogen-bond donors (Lipinski definition) is 1. The molecule has 3 heteroatoms. The summed E-state index contributed by atoms with van der Waals surface area (Å²) in [5.74, 6) is 0. The molecule has 1 aromatic heterocycles. The van der Waals surface area contributed by atoms with Gasteiger partial charge in [-0.2, -0.15) is 0 Å². The van der Waals surface area contributed by atoms with Crippen molar-refractivity contribution in [1.29, 1.82) is 0 Å². The fraction of sp³-hybridized carbons (Fsp3) is 0.278. The molecule has 0 fully saturated rings. The topological polar surface area (TPSA) is 20.7 Å².